The van der Waals surface area contributed by atoms with E-state index in [-0.39, 0.29) is 22.2 Å². The zero-order chi connectivity index (χ0) is 17.3. The van der Waals surface area contributed by atoms with E-state index in [1.807, 2.05) is 13.0 Å². The Morgan fingerprint density at radius 1 is 1.38 bits per heavy atom. The highest BCUT2D eigenvalue weighted by atomic mass is 16.5. The standard InChI is InChI=1S/C17H17N3O4/c1-4-23-12-8-6-5-7-11(12)19-15(21)13-10(2)24-16-14(13)17(22)20(3)9-18-16/h5-9H,4H2,1-3H3,(H,19,21). The van der Waals surface area contributed by atoms with Crippen molar-refractivity contribution in [2.75, 3.05) is 11.9 Å². The summed E-state index contributed by atoms with van der Waals surface area (Å²) in [5.74, 6) is 0.459. The van der Waals surface area contributed by atoms with Gasteiger partial charge in [0.1, 0.15) is 23.2 Å². The molecule has 1 amide bonds. The highest BCUT2D eigenvalue weighted by Gasteiger charge is 2.23. The van der Waals surface area contributed by atoms with Gasteiger partial charge in [-0.05, 0) is 26.0 Å². The largest absolute Gasteiger partial charge is 0.492 e. The van der Waals surface area contributed by atoms with Crippen molar-refractivity contribution in [3.63, 3.8) is 0 Å². The Morgan fingerprint density at radius 3 is 2.88 bits per heavy atom. The number of hydrogen-bond donors (Lipinski definition) is 1. The SMILES string of the molecule is CCOc1ccccc1NC(=O)c1c(C)oc2ncn(C)c(=O)c12. The van der Waals surface area contributed by atoms with E-state index in [9.17, 15) is 9.59 Å². The first-order valence-electron chi connectivity index (χ1n) is 7.50. The lowest BCUT2D eigenvalue weighted by atomic mass is 10.1. The molecule has 0 spiro atoms. The molecule has 7 nitrogen and oxygen atoms in total. The number of amides is 1. The van der Waals surface area contributed by atoms with Gasteiger partial charge in [-0.2, -0.15) is 0 Å². The Kier molecular flexibility index (Phi) is 4.07. The van der Waals surface area contributed by atoms with Crippen molar-refractivity contribution in [2.45, 2.75) is 13.8 Å². The van der Waals surface area contributed by atoms with Crippen LogP contribution in [0, 0.1) is 6.92 Å². The van der Waals surface area contributed by atoms with Crippen molar-refractivity contribution < 1.29 is 13.9 Å². The molecule has 124 valence electrons. The fourth-order valence-corrected chi connectivity index (χ4v) is 2.50. The first-order valence-corrected chi connectivity index (χ1v) is 7.50. The normalized spacial score (nSPS) is 10.8. The summed E-state index contributed by atoms with van der Waals surface area (Å²) >= 11 is 0. The second kappa shape index (κ2) is 6.19. The van der Waals surface area contributed by atoms with Crippen LogP contribution in [0.4, 0.5) is 5.69 Å². The van der Waals surface area contributed by atoms with Crippen LogP contribution >= 0.6 is 0 Å². The summed E-state index contributed by atoms with van der Waals surface area (Å²) in [7, 11) is 1.57. The molecule has 0 aliphatic carbocycles. The average Bonchev–Trinajstić information content (AvgIpc) is 2.90. The molecule has 0 atom stereocenters. The number of ether oxygens (including phenoxy) is 1. The van der Waals surface area contributed by atoms with Gasteiger partial charge in [-0.15, -0.1) is 0 Å². The van der Waals surface area contributed by atoms with Crippen LogP contribution < -0.4 is 15.6 Å². The predicted octanol–water partition coefficient (Wildman–Crippen LogP) is 2.49. The van der Waals surface area contributed by atoms with Crippen LogP contribution in [0.3, 0.4) is 0 Å². The summed E-state index contributed by atoms with van der Waals surface area (Å²) < 4.78 is 12.3. The minimum atomic E-state index is -0.441. The average molecular weight is 327 g/mol. The number of aromatic nitrogens is 2. The van der Waals surface area contributed by atoms with Gasteiger partial charge in [-0.25, -0.2) is 4.98 Å². The summed E-state index contributed by atoms with van der Waals surface area (Å²) in [6, 6.07) is 7.11. The first-order chi connectivity index (χ1) is 11.5. The Bertz CT molecular complexity index is 972. The van der Waals surface area contributed by atoms with Gasteiger partial charge < -0.3 is 19.0 Å². The van der Waals surface area contributed by atoms with Crippen molar-refractivity contribution in [1.29, 1.82) is 0 Å². The smallest absolute Gasteiger partial charge is 0.265 e. The van der Waals surface area contributed by atoms with Crippen LogP contribution in [-0.4, -0.2) is 22.1 Å². The van der Waals surface area contributed by atoms with Crippen LogP contribution in [0.15, 0.2) is 39.8 Å². The predicted molar refractivity (Wildman–Crippen MR) is 89.6 cm³/mol. The molecule has 0 aliphatic rings. The summed E-state index contributed by atoms with van der Waals surface area (Å²) in [6.45, 7) is 3.97. The number of carbonyl (C=O) groups is 1. The number of para-hydroxylation sites is 2. The highest BCUT2D eigenvalue weighted by Crippen LogP contribution is 2.26. The molecule has 0 radical (unpaired) electrons. The molecule has 2 heterocycles. The lowest BCUT2D eigenvalue weighted by Crippen LogP contribution is -2.20. The van der Waals surface area contributed by atoms with Crippen molar-refractivity contribution in [1.82, 2.24) is 9.55 Å². The Labute approximate surface area is 137 Å². The number of fused-ring (bicyclic) bond motifs is 1. The van der Waals surface area contributed by atoms with Gasteiger partial charge in [0.25, 0.3) is 11.5 Å². The van der Waals surface area contributed by atoms with Crippen LogP contribution in [0.25, 0.3) is 11.1 Å². The van der Waals surface area contributed by atoms with Gasteiger partial charge in [-0.1, -0.05) is 12.1 Å². The van der Waals surface area contributed by atoms with Gasteiger partial charge in [0.2, 0.25) is 5.71 Å². The van der Waals surface area contributed by atoms with E-state index in [2.05, 4.69) is 10.3 Å². The molecule has 3 rings (SSSR count). The number of aryl methyl sites for hydroxylation is 2. The minimum Gasteiger partial charge on any atom is -0.492 e. The molecule has 3 aromatic rings. The van der Waals surface area contributed by atoms with Crippen LogP contribution in [0.2, 0.25) is 0 Å². The van der Waals surface area contributed by atoms with Crippen molar-refractivity contribution in [3.05, 3.63) is 52.3 Å². The minimum absolute atomic E-state index is 0.152. The van der Waals surface area contributed by atoms with Gasteiger partial charge in [-0.3, -0.25) is 9.59 Å². The molecule has 7 heteroatoms. The zero-order valence-electron chi connectivity index (χ0n) is 13.6. The van der Waals surface area contributed by atoms with E-state index >= 15 is 0 Å². The van der Waals surface area contributed by atoms with E-state index in [1.165, 1.54) is 10.9 Å². The molecule has 0 bridgehead atoms. The summed E-state index contributed by atoms with van der Waals surface area (Å²) in [6.07, 6.45) is 1.36. The number of hydrogen-bond acceptors (Lipinski definition) is 5. The van der Waals surface area contributed by atoms with E-state index in [0.717, 1.165) is 0 Å². The van der Waals surface area contributed by atoms with Crippen LogP contribution in [0.1, 0.15) is 23.0 Å². The molecular formula is C17H17N3O4. The number of rotatable bonds is 4. The maximum Gasteiger partial charge on any atom is 0.265 e. The Hall–Kier alpha value is -3.09. The first kappa shape index (κ1) is 15.8. The fourth-order valence-electron chi connectivity index (χ4n) is 2.50. The number of furan rings is 1. The highest BCUT2D eigenvalue weighted by molar-refractivity contribution is 6.13. The topological polar surface area (TPSA) is 86.4 Å². The molecule has 0 aliphatic heterocycles. The molecule has 0 fully saturated rings. The lowest BCUT2D eigenvalue weighted by Gasteiger charge is -2.11. The number of benzene rings is 1. The van der Waals surface area contributed by atoms with Crippen LogP contribution in [0.5, 0.6) is 5.75 Å². The molecule has 0 saturated carbocycles. The molecular weight excluding hydrogens is 310 g/mol. The molecule has 1 aromatic carbocycles. The molecule has 0 unspecified atom stereocenters. The zero-order valence-corrected chi connectivity index (χ0v) is 13.6. The molecule has 0 saturated heterocycles. The lowest BCUT2D eigenvalue weighted by molar-refractivity contribution is 0.102. The molecule has 1 N–H and O–H groups in total. The summed E-state index contributed by atoms with van der Waals surface area (Å²) in [4.78, 5) is 29.1. The van der Waals surface area contributed by atoms with Crippen molar-refractivity contribution in [3.8, 4) is 5.75 Å². The van der Waals surface area contributed by atoms with Gasteiger partial charge in [0.05, 0.1) is 17.9 Å². The Morgan fingerprint density at radius 2 is 2.12 bits per heavy atom. The quantitative estimate of drug-likeness (QED) is 0.795. The monoisotopic (exact) mass is 327 g/mol. The van der Waals surface area contributed by atoms with E-state index in [1.54, 1.807) is 32.2 Å². The van der Waals surface area contributed by atoms with E-state index in [0.29, 0.717) is 23.8 Å². The second-order valence-corrected chi connectivity index (χ2v) is 5.26. The number of anilines is 1. The third-order valence-electron chi connectivity index (χ3n) is 3.61. The fraction of sp³-hybridized carbons (Fsp3) is 0.235. The molecule has 24 heavy (non-hydrogen) atoms. The van der Waals surface area contributed by atoms with Gasteiger partial charge in [0.15, 0.2) is 0 Å². The van der Waals surface area contributed by atoms with E-state index < -0.39 is 5.91 Å². The van der Waals surface area contributed by atoms with Crippen molar-refractivity contribution >= 4 is 22.7 Å². The number of nitrogens with one attached hydrogen (secondary N) is 1. The third-order valence-corrected chi connectivity index (χ3v) is 3.61. The number of carbonyl (C=O) groups excluding carboxylic acids is 1. The van der Waals surface area contributed by atoms with Crippen molar-refractivity contribution in [2.24, 2.45) is 7.05 Å². The van der Waals surface area contributed by atoms with E-state index in [4.69, 9.17) is 9.15 Å². The van der Waals surface area contributed by atoms with Gasteiger partial charge >= 0.3 is 0 Å². The number of nitrogens with zero attached hydrogens (tertiary/aromatic N) is 2. The summed E-state index contributed by atoms with van der Waals surface area (Å²) in [5, 5.41) is 2.95. The molecule has 2 aromatic heterocycles. The summed E-state index contributed by atoms with van der Waals surface area (Å²) in [5.41, 5.74) is 0.530. The Balaban J connectivity index is 2.06. The third kappa shape index (κ3) is 2.64. The van der Waals surface area contributed by atoms with Crippen LogP contribution in [-0.2, 0) is 7.05 Å². The maximum atomic E-state index is 12.7. The second-order valence-electron chi connectivity index (χ2n) is 5.26. The van der Waals surface area contributed by atoms with Gasteiger partial charge in [0, 0.05) is 7.05 Å². The maximum absolute atomic E-state index is 12.7.